The van der Waals surface area contributed by atoms with Gasteiger partial charge in [-0.2, -0.15) is 0 Å². The molecule has 2 amide bonds. The van der Waals surface area contributed by atoms with Crippen molar-refractivity contribution in [3.63, 3.8) is 0 Å². The Hall–Kier alpha value is -1.40. The average molecular weight is 296 g/mol. The molecule has 1 heterocycles. The largest absolute Gasteiger partial charge is 0.393 e. The van der Waals surface area contributed by atoms with Crippen LogP contribution in [0, 0.1) is 5.92 Å². The van der Waals surface area contributed by atoms with E-state index in [1.54, 1.807) is 6.07 Å². The Labute approximate surface area is 122 Å². The molecule has 2 rings (SSSR count). The van der Waals surface area contributed by atoms with Gasteiger partial charge in [0.05, 0.1) is 11.0 Å². The molecule has 0 radical (unpaired) electrons. The van der Waals surface area contributed by atoms with Gasteiger partial charge in [0, 0.05) is 25.4 Å². The van der Waals surface area contributed by atoms with E-state index in [4.69, 9.17) is 0 Å². The molecule has 2 atom stereocenters. The number of hydrogen-bond donors (Lipinski definition) is 3. The highest BCUT2D eigenvalue weighted by molar-refractivity contribution is 7.12. The van der Waals surface area contributed by atoms with Crippen molar-refractivity contribution in [3.8, 4) is 0 Å². The fraction of sp³-hybridized carbons (Fsp3) is 0.571. The Morgan fingerprint density at radius 3 is 2.85 bits per heavy atom. The molecule has 6 heteroatoms. The molecule has 1 aliphatic rings. The minimum atomic E-state index is -0.283. The van der Waals surface area contributed by atoms with E-state index in [1.807, 2.05) is 11.4 Å². The van der Waals surface area contributed by atoms with E-state index in [0.29, 0.717) is 18.0 Å². The monoisotopic (exact) mass is 296 g/mol. The summed E-state index contributed by atoms with van der Waals surface area (Å²) < 4.78 is 0. The summed E-state index contributed by atoms with van der Waals surface area (Å²) in [6.45, 7) is 0.856. The van der Waals surface area contributed by atoms with Gasteiger partial charge in [-0.05, 0) is 24.3 Å². The van der Waals surface area contributed by atoms with Gasteiger partial charge in [-0.3, -0.25) is 9.59 Å². The SMILES string of the molecule is O=C(CCNC(=O)c1cccs1)NCC1CCCC1O. The van der Waals surface area contributed by atoms with Gasteiger partial charge < -0.3 is 15.7 Å². The van der Waals surface area contributed by atoms with E-state index in [-0.39, 0.29) is 30.3 Å². The zero-order chi connectivity index (χ0) is 14.4. The Morgan fingerprint density at radius 1 is 1.35 bits per heavy atom. The molecule has 1 saturated carbocycles. The van der Waals surface area contributed by atoms with Gasteiger partial charge >= 0.3 is 0 Å². The van der Waals surface area contributed by atoms with Crippen molar-refractivity contribution in [2.45, 2.75) is 31.8 Å². The third-order valence-electron chi connectivity index (χ3n) is 3.56. The van der Waals surface area contributed by atoms with Crippen LogP contribution in [0.3, 0.4) is 0 Å². The lowest BCUT2D eigenvalue weighted by molar-refractivity contribution is -0.121. The van der Waals surface area contributed by atoms with Gasteiger partial charge in [-0.25, -0.2) is 0 Å². The van der Waals surface area contributed by atoms with E-state index in [0.717, 1.165) is 19.3 Å². The van der Waals surface area contributed by atoms with Crippen LogP contribution in [0.2, 0.25) is 0 Å². The molecule has 0 bridgehead atoms. The predicted molar refractivity (Wildman–Crippen MR) is 77.6 cm³/mol. The molecule has 1 aromatic heterocycles. The summed E-state index contributed by atoms with van der Waals surface area (Å²) in [6.07, 6.45) is 2.81. The van der Waals surface area contributed by atoms with Crippen molar-refractivity contribution in [1.29, 1.82) is 0 Å². The average Bonchev–Trinajstić information content (AvgIpc) is 3.07. The van der Waals surface area contributed by atoms with Crippen molar-refractivity contribution in [1.82, 2.24) is 10.6 Å². The van der Waals surface area contributed by atoms with Crippen LogP contribution in [0.5, 0.6) is 0 Å². The number of rotatable bonds is 6. The highest BCUT2D eigenvalue weighted by Crippen LogP contribution is 2.24. The summed E-state index contributed by atoms with van der Waals surface area (Å²) in [5.74, 6) is -0.0470. The maximum atomic E-state index is 11.6. The van der Waals surface area contributed by atoms with Crippen LogP contribution in [0.25, 0.3) is 0 Å². The first-order valence-corrected chi connectivity index (χ1v) is 7.81. The number of hydrogen-bond acceptors (Lipinski definition) is 4. The third kappa shape index (κ3) is 4.31. The lowest BCUT2D eigenvalue weighted by Gasteiger charge is -2.15. The van der Waals surface area contributed by atoms with Gasteiger partial charge in [-0.15, -0.1) is 11.3 Å². The first-order chi connectivity index (χ1) is 9.66. The van der Waals surface area contributed by atoms with Crippen LogP contribution in [-0.4, -0.2) is 36.1 Å². The normalized spacial score (nSPS) is 21.6. The number of carbonyl (C=O) groups excluding carboxylic acids is 2. The highest BCUT2D eigenvalue weighted by Gasteiger charge is 2.25. The zero-order valence-corrected chi connectivity index (χ0v) is 12.1. The van der Waals surface area contributed by atoms with Gasteiger partial charge in [0.2, 0.25) is 5.91 Å². The molecule has 3 N–H and O–H groups in total. The molecule has 1 aromatic rings. The van der Waals surface area contributed by atoms with Crippen molar-refractivity contribution >= 4 is 23.2 Å². The van der Waals surface area contributed by atoms with Crippen LogP contribution < -0.4 is 10.6 Å². The summed E-state index contributed by atoms with van der Waals surface area (Å²) in [4.78, 5) is 23.9. The topological polar surface area (TPSA) is 78.4 Å². The third-order valence-corrected chi connectivity index (χ3v) is 4.43. The smallest absolute Gasteiger partial charge is 0.261 e. The fourth-order valence-corrected chi connectivity index (χ4v) is 3.01. The van der Waals surface area contributed by atoms with Crippen LogP contribution in [0.1, 0.15) is 35.4 Å². The highest BCUT2D eigenvalue weighted by atomic mass is 32.1. The van der Waals surface area contributed by atoms with E-state index in [9.17, 15) is 14.7 Å². The Morgan fingerprint density at radius 2 is 2.20 bits per heavy atom. The van der Waals surface area contributed by atoms with Gasteiger partial charge in [0.25, 0.3) is 5.91 Å². The van der Waals surface area contributed by atoms with Crippen molar-refractivity contribution in [3.05, 3.63) is 22.4 Å². The minimum absolute atomic E-state index is 0.0874. The first-order valence-electron chi connectivity index (χ1n) is 6.93. The maximum absolute atomic E-state index is 11.6. The van der Waals surface area contributed by atoms with E-state index < -0.39 is 0 Å². The van der Waals surface area contributed by atoms with E-state index in [2.05, 4.69) is 10.6 Å². The van der Waals surface area contributed by atoms with Crippen LogP contribution in [0.15, 0.2) is 17.5 Å². The summed E-state index contributed by atoms with van der Waals surface area (Å²) in [6, 6.07) is 3.57. The standard InChI is InChI=1S/C14H20N2O3S/c17-11-4-1-3-10(11)9-16-13(18)6-7-15-14(19)12-5-2-8-20-12/h2,5,8,10-11,17H,1,3-4,6-7,9H2,(H,15,19)(H,16,18). The molecule has 5 nitrogen and oxygen atoms in total. The van der Waals surface area contributed by atoms with Crippen LogP contribution in [0.4, 0.5) is 0 Å². The Kier molecular flexibility index (Phi) is 5.55. The molecule has 0 aliphatic heterocycles. The molecular formula is C14H20N2O3S. The molecular weight excluding hydrogens is 276 g/mol. The molecule has 0 spiro atoms. The summed E-state index contributed by atoms with van der Waals surface area (Å²) in [5, 5.41) is 17.0. The zero-order valence-electron chi connectivity index (χ0n) is 11.3. The fourth-order valence-electron chi connectivity index (χ4n) is 2.37. The number of nitrogens with one attached hydrogen (secondary N) is 2. The lowest BCUT2D eigenvalue weighted by atomic mass is 10.1. The van der Waals surface area contributed by atoms with E-state index in [1.165, 1.54) is 11.3 Å². The molecule has 1 fully saturated rings. The number of thiophene rings is 1. The van der Waals surface area contributed by atoms with Crippen molar-refractivity contribution in [2.24, 2.45) is 5.92 Å². The van der Waals surface area contributed by atoms with Gasteiger partial charge in [0.1, 0.15) is 0 Å². The molecule has 20 heavy (non-hydrogen) atoms. The Bertz CT molecular complexity index is 447. The second-order valence-corrected chi connectivity index (χ2v) is 5.99. The second kappa shape index (κ2) is 7.40. The molecule has 0 aromatic carbocycles. The van der Waals surface area contributed by atoms with Gasteiger partial charge in [0.15, 0.2) is 0 Å². The first kappa shape index (κ1) is 15.0. The summed E-state index contributed by atoms with van der Waals surface area (Å²) >= 11 is 1.38. The molecule has 1 aliphatic carbocycles. The maximum Gasteiger partial charge on any atom is 0.261 e. The van der Waals surface area contributed by atoms with Crippen molar-refractivity contribution in [2.75, 3.05) is 13.1 Å². The molecule has 0 saturated heterocycles. The number of aliphatic hydroxyl groups excluding tert-OH is 1. The quantitative estimate of drug-likeness (QED) is 0.737. The number of carbonyl (C=O) groups is 2. The van der Waals surface area contributed by atoms with Crippen LogP contribution in [-0.2, 0) is 4.79 Å². The number of aliphatic hydroxyl groups is 1. The Balaban J connectivity index is 1.59. The van der Waals surface area contributed by atoms with E-state index >= 15 is 0 Å². The molecule has 2 unspecified atom stereocenters. The summed E-state index contributed by atoms with van der Waals surface area (Å²) in [7, 11) is 0. The lowest BCUT2D eigenvalue weighted by Crippen LogP contribution is -2.34. The summed E-state index contributed by atoms with van der Waals surface area (Å²) in [5.41, 5.74) is 0. The second-order valence-electron chi connectivity index (χ2n) is 5.05. The van der Waals surface area contributed by atoms with Gasteiger partial charge in [-0.1, -0.05) is 12.5 Å². The predicted octanol–water partition coefficient (Wildman–Crippen LogP) is 1.15. The minimum Gasteiger partial charge on any atom is -0.393 e. The van der Waals surface area contributed by atoms with Crippen molar-refractivity contribution < 1.29 is 14.7 Å². The number of amides is 2. The van der Waals surface area contributed by atoms with Crippen LogP contribution >= 0.6 is 11.3 Å². The molecule has 110 valence electrons.